The van der Waals surface area contributed by atoms with Gasteiger partial charge in [-0.3, -0.25) is 14.3 Å². The molecule has 1 aliphatic heterocycles. The molecule has 0 aliphatic carbocycles. The van der Waals surface area contributed by atoms with E-state index in [0.717, 1.165) is 10.6 Å². The predicted octanol–water partition coefficient (Wildman–Crippen LogP) is -1.41. The zero-order chi connectivity index (χ0) is 12.6. The maximum absolute atomic E-state index is 11.5. The normalized spacial score (nSPS) is 32.9. The van der Waals surface area contributed by atoms with Gasteiger partial charge < -0.3 is 14.9 Å². The number of nitrogens with one attached hydrogen (secondary N) is 1. The third-order valence-corrected chi connectivity index (χ3v) is 3.48. The Balaban J connectivity index is 2.35. The highest BCUT2D eigenvalue weighted by atomic mass is 127. The Labute approximate surface area is 109 Å². The molecule has 17 heavy (non-hydrogen) atoms. The van der Waals surface area contributed by atoms with Crippen LogP contribution in [0.5, 0.6) is 0 Å². The summed E-state index contributed by atoms with van der Waals surface area (Å²) >= 11 is 2.02. The van der Waals surface area contributed by atoms with Gasteiger partial charge in [-0.15, -0.1) is 0 Å². The van der Waals surface area contributed by atoms with Gasteiger partial charge in [0.25, 0.3) is 5.56 Å². The molecule has 1 saturated heterocycles. The number of rotatable bonds is 2. The van der Waals surface area contributed by atoms with Crippen molar-refractivity contribution in [3.63, 3.8) is 0 Å². The van der Waals surface area contributed by atoms with Crippen LogP contribution in [0.1, 0.15) is 6.23 Å². The molecule has 0 aromatic carbocycles. The van der Waals surface area contributed by atoms with E-state index < -0.39 is 35.8 Å². The minimum atomic E-state index is -1.20. The molecule has 0 unspecified atom stereocenters. The lowest BCUT2D eigenvalue weighted by Gasteiger charge is -2.16. The van der Waals surface area contributed by atoms with E-state index in [9.17, 15) is 19.8 Å². The molecule has 1 aromatic heterocycles. The summed E-state index contributed by atoms with van der Waals surface area (Å²) in [6, 6.07) is 1.15. The lowest BCUT2D eigenvalue weighted by molar-refractivity contribution is -0.0335. The fourth-order valence-corrected chi connectivity index (χ4v) is 2.44. The highest BCUT2D eigenvalue weighted by Gasteiger charge is 2.43. The number of hydrogen-bond acceptors (Lipinski definition) is 5. The molecule has 3 N–H and O–H groups in total. The van der Waals surface area contributed by atoms with Gasteiger partial charge in [0.1, 0.15) is 12.2 Å². The number of H-pyrrole nitrogens is 1. The second-order valence-electron chi connectivity index (χ2n) is 3.72. The van der Waals surface area contributed by atoms with Crippen LogP contribution in [-0.4, -0.2) is 42.5 Å². The minimum Gasteiger partial charge on any atom is -0.387 e. The molecule has 8 heteroatoms. The van der Waals surface area contributed by atoms with E-state index in [2.05, 4.69) is 4.98 Å². The van der Waals surface area contributed by atoms with Crippen molar-refractivity contribution < 1.29 is 14.9 Å². The molecule has 7 nitrogen and oxygen atoms in total. The summed E-state index contributed by atoms with van der Waals surface area (Å²) in [6.45, 7) is 0. The second-order valence-corrected chi connectivity index (χ2v) is 4.60. The summed E-state index contributed by atoms with van der Waals surface area (Å²) in [5, 5.41) is 19.4. The van der Waals surface area contributed by atoms with Gasteiger partial charge in [0, 0.05) is 16.7 Å². The zero-order valence-corrected chi connectivity index (χ0v) is 10.8. The van der Waals surface area contributed by atoms with Gasteiger partial charge in [0.05, 0.1) is 6.10 Å². The van der Waals surface area contributed by atoms with Crippen LogP contribution in [0.25, 0.3) is 0 Å². The van der Waals surface area contributed by atoms with E-state index in [1.165, 1.54) is 6.20 Å². The Kier molecular flexibility index (Phi) is 3.66. The predicted molar refractivity (Wildman–Crippen MR) is 66.1 cm³/mol. The minimum absolute atomic E-state index is 0.491. The monoisotopic (exact) mass is 354 g/mol. The van der Waals surface area contributed by atoms with Crippen molar-refractivity contribution in [2.75, 3.05) is 4.43 Å². The fraction of sp³-hybridized carbons (Fsp3) is 0.556. The van der Waals surface area contributed by atoms with Crippen molar-refractivity contribution in [3.05, 3.63) is 33.1 Å². The third kappa shape index (κ3) is 2.30. The molecule has 1 aliphatic rings. The van der Waals surface area contributed by atoms with Crippen molar-refractivity contribution >= 4 is 22.6 Å². The molecule has 0 saturated carbocycles. The number of halogens is 1. The number of ether oxygens (including phenoxy) is 1. The highest BCUT2D eigenvalue weighted by molar-refractivity contribution is 14.1. The van der Waals surface area contributed by atoms with Gasteiger partial charge in [-0.05, 0) is 0 Å². The summed E-state index contributed by atoms with van der Waals surface area (Å²) in [6.07, 6.45) is -2.52. The molecule has 2 rings (SSSR count). The van der Waals surface area contributed by atoms with Crippen molar-refractivity contribution in [1.29, 1.82) is 0 Å². The summed E-state index contributed by atoms with van der Waals surface area (Å²) in [7, 11) is 0. The van der Waals surface area contributed by atoms with Gasteiger partial charge in [-0.2, -0.15) is 0 Å². The maximum atomic E-state index is 11.5. The van der Waals surface area contributed by atoms with E-state index in [-0.39, 0.29) is 0 Å². The Morgan fingerprint density at radius 1 is 1.41 bits per heavy atom. The largest absolute Gasteiger partial charge is 0.387 e. The number of aliphatic hydroxyl groups is 2. The Hall–Kier alpha value is -0.710. The van der Waals surface area contributed by atoms with E-state index in [1.54, 1.807) is 0 Å². The third-order valence-electron chi connectivity index (χ3n) is 2.61. The number of aliphatic hydroxyl groups excluding tert-OH is 2. The van der Waals surface area contributed by atoms with Crippen molar-refractivity contribution in [2.24, 2.45) is 0 Å². The topological polar surface area (TPSA) is 105 Å². The van der Waals surface area contributed by atoms with Gasteiger partial charge in [0.15, 0.2) is 6.23 Å². The standard InChI is InChI=1S/C9H11IN2O5/c10-3-4-6(14)7(15)8(17-4)12-2-1-5(13)11-9(12)16/h1-2,4,6-8,14-15H,3H2,(H,11,13,16)/t4-,6-,7+,8-/m1/s1. The van der Waals surface area contributed by atoms with E-state index in [0.29, 0.717) is 4.43 Å². The molecule has 4 atom stereocenters. The van der Waals surface area contributed by atoms with Crippen LogP contribution in [0.2, 0.25) is 0 Å². The first-order valence-electron chi connectivity index (χ1n) is 4.93. The van der Waals surface area contributed by atoms with E-state index in [1.807, 2.05) is 22.6 Å². The average molecular weight is 354 g/mol. The average Bonchev–Trinajstić information content (AvgIpc) is 2.57. The van der Waals surface area contributed by atoms with Crippen LogP contribution in [-0.2, 0) is 4.74 Å². The lowest BCUT2D eigenvalue weighted by Crippen LogP contribution is -2.37. The molecule has 94 valence electrons. The first kappa shape index (κ1) is 12.7. The van der Waals surface area contributed by atoms with Gasteiger partial charge in [0.2, 0.25) is 0 Å². The smallest absolute Gasteiger partial charge is 0.330 e. The van der Waals surface area contributed by atoms with Gasteiger partial charge in [-0.25, -0.2) is 4.79 Å². The summed E-state index contributed by atoms with van der Waals surface area (Å²) < 4.78 is 6.92. The first-order valence-corrected chi connectivity index (χ1v) is 6.46. The number of alkyl halides is 1. The summed E-state index contributed by atoms with van der Waals surface area (Å²) in [5.74, 6) is 0. The molecule has 0 amide bonds. The van der Waals surface area contributed by atoms with Gasteiger partial charge in [-0.1, -0.05) is 22.6 Å². The number of hydrogen-bond donors (Lipinski definition) is 3. The van der Waals surface area contributed by atoms with Crippen LogP contribution in [0.15, 0.2) is 21.9 Å². The van der Waals surface area contributed by atoms with Gasteiger partial charge >= 0.3 is 5.69 Å². The first-order chi connectivity index (χ1) is 8.04. The quantitative estimate of drug-likeness (QED) is 0.447. The second kappa shape index (κ2) is 4.88. The number of aromatic nitrogens is 2. The van der Waals surface area contributed by atoms with Crippen LogP contribution >= 0.6 is 22.6 Å². The molecule has 0 spiro atoms. The number of nitrogens with zero attached hydrogens (tertiary/aromatic N) is 1. The van der Waals surface area contributed by atoms with Crippen LogP contribution in [0.4, 0.5) is 0 Å². The zero-order valence-electron chi connectivity index (χ0n) is 8.62. The molecular formula is C9H11IN2O5. The molecule has 0 bridgehead atoms. The fourth-order valence-electron chi connectivity index (χ4n) is 1.71. The Bertz CT molecular complexity index is 513. The van der Waals surface area contributed by atoms with Crippen molar-refractivity contribution in [1.82, 2.24) is 9.55 Å². The molecular weight excluding hydrogens is 343 g/mol. The molecule has 1 fully saturated rings. The van der Waals surface area contributed by atoms with E-state index >= 15 is 0 Å². The number of aromatic amines is 1. The summed E-state index contributed by atoms with van der Waals surface area (Å²) in [4.78, 5) is 24.5. The van der Waals surface area contributed by atoms with Crippen LogP contribution < -0.4 is 11.2 Å². The summed E-state index contributed by atoms with van der Waals surface area (Å²) in [5.41, 5.74) is -1.20. The Morgan fingerprint density at radius 2 is 2.12 bits per heavy atom. The SMILES string of the molecule is O=c1ccn([C@@H]2O[C@H](CI)[C@@H](O)[C@@H]2O)c(=O)[nH]1. The highest BCUT2D eigenvalue weighted by Crippen LogP contribution is 2.28. The maximum Gasteiger partial charge on any atom is 0.330 e. The Morgan fingerprint density at radius 3 is 2.65 bits per heavy atom. The van der Waals surface area contributed by atoms with Crippen LogP contribution in [0, 0.1) is 0 Å². The van der Waals surface area contributed by atoms with Crippen molar-refractivity contribution in [3.8, 4) is 0 Å². The van der Waals surface area contributed by atoms with E-state index in [4.69, 9.17) is 4.74 Å². The molecule has 0 radical (unpaired) electrons. The molecule has 2 heterocycles. The van der Waals surface area contributed by atoms with Crippen molar-refractivity contribution in [2.45, 2.75) is 24.5 Å². The van der Waals surface area contributed by atoms with Crippen LogP contribution in [0.3, 0.4) is 0 Å². The molecule has 1 aromatic rings. The lowest BCUT2D eigenvalue weighted by atomic mass is 10.1.